The van der Waals surface area contributed by atoms with E-state index in [0.717, 1.165) is 25.0 Å². The summed E-state index contributed by atoms with van der Waals surface area (Å²) in [6.07, 6.45) is -3.32. The van der Waals surface area contributed by atoms with Gasteiger partial charge >= 0.3 is 6.36 Å². The predicted octanol–water partition coefficient (Wildman–Crippen LogP) is 1.49. The summed E-state index contributed by atoms with van der Waals surface area (Å²) in [4.78, 5) is 12.7. The summed E-state index contributed by atoms with van der Waals surface area (Å²) in [5.41, 5.74) is 0. The number of likely N-dealkylation sites (tertiary alicyclic amines) is 1. The van der Waals surface area contributed by atoms with Crippen LogP contribution in [0.4, 0.5) is 13.2 Å². The van der Waals surface area contributed by atoms with E-state index in [1.165, 1.54) is 17.0 Å². The maximum atomic E-state index is 12.3. The zero-order chi connectivity index (χ0) is 17.1. The fourth-order valence-corrected chi connectivity index (χ4v) is 3.30. The second kappa shape index (κ2) is 6.75. The van der Waals surface area contributed by atoms with E-state index in [4.69, 9.17) is 0 Å². The Morgan fingerprint density at radius 3 is 2.43 bits per heavy atom. The van der Waals surface area contributed by atoms with Gasteiger partial charge in [0.15, 0.2) is 0 Å². The zero-order valence-electron chi connectivity index (χ0n) is 12.0. The second-order valence-corrected chi connectivity index (χ2v) is 6.64. The highest BCUT2D eigenvalue weighted by Crippen LogP contribution is 2.29. The number of nitrogens with one attached hydrogen (secondary N) is 1. The first kappa shape index (κ1) is 17.5. The molecule has 1 aromatic carbocycles. The van der Waals surface area contributed by atoms with Gasteiger partial charge in [0.05, 0.1) is 6.54 Å². The largest absolute Gasteiger partial charge is 0.573 e. The number of nitrogens with zero attached hydrogens (tertiary/aromatic N) is 1. The molecule has 23 heavy (non-hydrogen) atoms. The lowest BCUT2D eigenvalue weighted by Crippen LogP contribution is -2.38. The molecule has 128 valence electrons. The summed E-state index contributed by atoms with van der Waals surface area (Å²) in [6, 6.07) is 4.35. The first-order chi connectivity index (χ1) is 10.7. The van der Waals surface area contributed by atoms with E-state index in [1.807, 2.05) is 4.72 Å². The number of hydrogen-bond acceptors (Lipinski definition) is 4. The van der Waals surface area contributed by atoms with Gasteiger partial charge in [-0.15, -0.1) is 13.2 Å². The molecule has 1 aromatic rings. The Bertz CT molecular complexity index is 670. The number of rotatable bonds is 5. The van der Waals surface area contributed by atoms with E-state index in [2.05, 4.69) is 4.74 Å². The third kappa shape index (κ3) is 4.83. The summed E-state index contributed by atoms with van der Waals surface area (Å²) in [5, 5.41) is 0. The summed E-state index contributed by atoms with van der Waals surface area (Å²) < 4.78 is 67.0. The minimum Gasteiger partial charge on any atom is -0.404 e. The van der Waals surface area contributed by atoms with Crippen LogP contribution < -0.4 is 9.46 Å². The molecule has 0 saturated carbocycles. The van der Waals surface area contributed by atoms with E-state index in [9.17, 15) is 26.4 Å². The molecule has 1 aliphatic heterocycles. The van der Waals surface area contributed by atoms with Gasteiger partial charge in [0.1, 0.15) is 10.6 Å². The third-order valence-electron chi connectivity index (χ3n) is 3.24. The maximum absolute atomic E-state index is 12.3. The smallest absolute Gasteiger partial charge is 0.404 e. The lowest BCUT2D eigenvalue weighted by atomic mass is 10.3. The number of sulfonamides is 1. The summed E-state index contributed by atoms with van der Waals surface area (Å²) in [7, 11) is -4.31. The van der Waals surface area contributed by atoms with Crippen LogP contribution in [0.15, 0.2) is 29.2 Å². The summed E-state index contributed by atoms with van der Waals surface area (Å²) in [5.74, 6) is -1.26. The van der Waals surface area contributed by atoms with Gasteiger partial charge in [0.2, 0.25) is 15.9 Å². The van der Waals surface area contributed by atoms with Crippen molar-refractivity contribution in [2.75, 3.05) is 19.6 Å². The molecule has 10 heteroatoms. The van der Waals surface area contributed by atoms with E-state index in [1.54, 1.807) is 0 Å². The number of benzene rings is 1. The first-order valence-corrected chi connectivity index (χ1v) is 8.29. The molecule has 0 unspecified atom stereocenters. The Balaban J connectivity index is 2.11. The van der Waals surface area contributed by atoms with Crippen molar-refractivity contribution >= 4 is 15.9 Å². The zero-order valence-corrected chi connectivity index (χ0v) is 12.8. The number of amides is 1. The van der Waals surface area contributed by atoms with Crippen molar-refractivity contribution < 1.29 is 31.1 Å². The highest BCUT2D eigenvalue weighted by Gasteiger charge is 2.34. The van der Waals surface area contributed by atoms with Gasteiger partial charge in [-0.1, -0.05) is 12.1 Å². The van der Waals surface area contributed by atoms with Crippen molar-refractivity contribution in [3.8, 4) is 5.75 Å². The van der Waals surface area contributed by atoms with Gasteiger partial charge < -0.3 is 9.64 Å². The molecule has 0 radical (unpaired) electrons. The van der Waals surface area contributed by atoms with Crippen LogP contribution in [0, 0.1) is 0 Å². The molecule has 6 nitrogen and oxygen atoms in total. The molecule has 2 rings (SSSR count). The number of hydrogen-bond donors (Lipinski definition) is 1. The van der Waals surface area contributed by atoms with Gasteiger partial charge in [-0.2, -0.15) is 0 Å². The van der Waals surface area contributed by atoms with Crippen LogP contribution in [-0.4, -0.2) is 45.2 Å². The summed E-state index contributed by atoms with van der Waals surface area (Å²) >= 11 is 0. The molecule has 0 bridgehead atoms. The van der Waals surface area contributed by atoms with Crippen LogP contribution in [-0.2, 0) is 14.8 Å². The Morgan fingerprint density at radius 1 is 1.22 bits per heavy atom. The average Bonchev–Trinajstić information content (AvgIpc) is 2.98. The highest BCUT2D eigenvalue weighted by molar-refractivity contribution is 7.89. The van der Waals surface area contributed by atoms with Crippen molar-refractivity contribution in [1.29, 1.82) is 0 Å². The molecule has 1 heterocycles. The van der Waals surface area contributed by atoms with Crippen LogP contribution in [0.2, 0.25) is 0 Å². The van der Waals surface area contributed by atoms with Crippen molar-refractivity contribution in [2.24, 2.45) is 0 Å². The van der Waals surface area contributed by atoms with Crippen molar-refractivity contribution in [1.82, 2.24) is 9.62 Å². The first-order valence-electron chi connectivity index (χ1n) is 6.81. The minimum atomic E-state index is -5.02. The molecule has 1 fully saturated rings. The van der Waals surface area contributed by atoms with E-state index < -0.39 is 39.5 Å². The molecule has 0 spiro atoms. The van der Waals surface area contributed by atoms with Crippen molar-refractivity contribution in [2.45, 2.75) is 24.1 Å². The van der Waals surface area contributed by atoms with Crippen LogP contribution in [0.3, 0.4) is 0 Å². The molecular formula is C13H15F3N2O4S. The number of alkyl halides is 3. The predicted molar refractivity (Wildman–Crippen MR) is 74.1 cm³/mol. The maximum Gasteiger partial charge on any atom is 0.573 e. The Kier molecular flexibility index (Phi) is 5.15. The van der Waals surface area contributed by atoms with Gasteiger partial charge in [-0.05, 0) is 25.0 Å². The average molecular weight is 352 g/mol. The van der Waals surface area contributed by atoms with Crippen LogP contribution in [0.5, 0.6) is 5.75 Å². The van der Waals surface area contributed by atoms with Crippen molar-refractivity contribution in [3.63, 3.8) is 0 Å². The molecule has 1 aliphatic rings. The van der Waals surface area contributed by atoms with Crippen LogP contribution >= 0.6 is 0 Å². The Morgan fingerprint density at radius 2 is 1.83 bits per heavy atom. The number of para-hydroxylation sites is 1. The number of halogens is 3. The standard InChI is InChI=1S/C13H15F3N2O4S/c14-13(15,16)22-10-5-1-2-6-11(10)23(20,21)17-9-12(19)18-7-3-4-8-18/h1-2,5-6,17H,3-4,7-9H2. The van der Waals surface area contributed by atoms with Gasteiger partial charge in [-0.3, -0.25) is 4.79 Å². The van der Waals surface area contributed by atoms with Gasteiger partial charge in [-0.25, -0.2) is 13.1 Å². The number of carbonyl (C=O) groups excluding carboxylic acids is 1. The topological polar surface area (TPSA) is 75.7 Å². The molecule has 1 amide bonds. The second-order valence-electron chi connectivity index (χ2n) is 4.91. The fourth-order valence-electron chi connectivity index (χ4n) is 2.19. The Labute approximate surface area is 131 Å². The molecular weight excluding hydrogens is 337 g/mol. The van der Waals surface area contributed by atoms with Gasteiger partial charge in [0.25, 0.3) is 0 Å². The van der Waals surface area contributed by atoms with Crippen LogP contribution in [0.25, 0.3) is 0 Å². The summed E-state index contributed by atoms with van der Waals surface area (Å²) in [6.45, 7) is 0.589. The normalized spacial score (nSPS) is 15.7. The van der Waals surface area contributed by atoms with E-state index in [0.29, 0.717) is 13.1 Å². The molecule has 0 aliphatic carbocycles. The molecule has 0 atom stereocenters. The lowest BCUT2D eigenvalue weighted by molar-refractivity contribution is -0.275. The van der Waals surface area contributed by atoms with Crippen LogP contribution in [0.1, 0.15) is 12.8 Å². The molecule has 0 aromatic heterocycles. The molecule has 1 saturated heterocycles. The SMILES string of the molecule is O=C(CNS(=O)(=O)c1ccccc1OC(F)(F)F)N1CCCC1. The number of ether oxygens (including phenoxy) is 1. The lowest BCUT2D eigenvalue weighted by Gasteiger charge is -2.17. The third-order valence-corrected chi connectivity index (χ3v) is 4.68. The highest BCUT2D eigenvalue weighted by atomic mass is 32.2. The fraction of sp³-hybridized carbons (Fsp3) is 0.462. The Hall–Kier alpha value is -1.81. The molecule has 1 N–H and O–H groups in total. The minimum absolute atomic E-state index is 0.416. The number of carbonyl (C=O) groups is 1. The van der Waals surface area contributed by atoms with Gasteiger partial charge in [0, 0.05) is 13.1 Å². The van der Waals surface area contributed by atoms with E-state index >= 15 is 0 Å². The monoisotopic (exact) mass is 352 g/mol. The van der Waals surface area contributed by atoms with Crippen molar-refractivity contribution in [3.05, 3.63) is 24.3 Å². The van der Waals surface area contributed by atoms with E-state index in [-0.39, 0.29) is 0 Å². The quantitative estimate of drug-likeness (QED) is 0.871.